The van der Waals surface area contributed by atoms with Crippen molar-refractivity contribution in [2.24, 2.45) is 0 Å². The molecule has 1 aromatic carbocycles. The largest absolute Gasteiger partial charge is 0.355 e. The van der Waals surface area contributed by atoms with Crippen molar-refractivity contribution in [2.75, 3.05) is 12.3 Å². The molecule has 0 bridgehead atoms. The first-order chi connectivity index (χ1) is 10.8. The highest BCUT2D eigenvalue weighted by atomic mass is 32.1. The van der Waals surface area contributed by atoms with Crippen molar-refractivity contribution < 1.29 is 4.79 Å². The van der Waals surface area contributed by atoms with Crippen LogP contribution in [-0.4, -0.2) is 23.2 Å². The molecule has 118 valence electrons. The number of amides is 1. The van der Waals surface area contributed by atoms with Gasteiger partial charge in [0.05, 0.1) is 11.3 Å². The third kappa shape index (κ3) is 5.34. The zero-order chi connectivity index (χ0) is 15.6. The van der Waals surface area contributed by atoms with Crippen LogP contribution in [0.3, 0.4) is 0 Å². The Kier molecular flexibility index (Phi) is 7.23. The molecular weight excluding hydrogens is 292 g/mol. The lowest BCUT2D eigenvalue weighted by atomic mass is 10.0. The summed E-state index contributed by atoms with van der Waals surface area (Å²) in [5.74, 6) is 0.297. The maximum atomic E-state index is 11.0. The Hall–Kier alpha value is -1.55. The van der Waals surface area contributed by atoms with Crippen molar-refractivity contribution in [1.29, 1.82) is 0 Å². The van der Waals surface area contributed by atoms with Gasteiger partial charge < -0.3 is 5.32 Å². The minimum absolute atomic E-state index is 0.0202. The summed E-state index contributed by atoms with van der Waals surface area (Å²) >= 11 is 3.93. The average molecular weight is 316 g/mol. The second kappa shape index (κ2) is 9.46. The topological polar surface area (TPSA) is 42.0 Å². The van der Waals surface area contributed by atoms with E-state index in [1.807, 2.05) is 12.3 Å². The van der Waals surface area contributed by atoms with Crippen molar-refractivity contribution in [3.05, 3.63) is 42.1 Å². The summed E-state index contributed by atoms with van der Waals surface area (Å²) < 4.78 is 0. The fourth-order valence-electron chi connectivity index (χ4n) is 2.62. The maximum absolute atomic E-state index is 11.0. The Morgan fingerprint density at radius 3 is 2.68 bits per heavy atom. The Labute approximate surface area is 137 Å². The number of carbonyl (C=O) groups excluding carboxylic acids is 1. The molecule has 0 fully saturated rings. The van der Waals surface area contributed by atoms with Gasteiger partial charge in [0, 0.05) is 18.1 Å². The second-order valence-electron chi connectivity index (χ2n) is 5.52. The van der Waals surface area contributed by atoms with Gasteiger partial charge in [-0.25, -0.2) is 0 Å². The number of pyridine rings is 1. The van der Waals surface area contributed by atoms with Gasteiger partial charge in [-0.3, -0.25) is 9.78 Å². The molecule has 0 saturated carbocycles. The van der Waals surface area contributed by atoms with E-state index in [0.717, 1.165) is 24.9 Å². The van der Waals surface area contributed by atoms with Crippen LogP contribution in [0, 0.1) is 0 Å². The number of fused-ring (bicyclic) bond motifs is 1. The number of nitrogens with one attached hydrogen (secondary N) is 1. The molecule has 0 aliphatic carbocycles. The lowest BCUT2D eigenvalue weighted by molar-refractivity contribution is -0.118. The molecule has 0 aliphatic heterocycles. The fourth-order valence-corrected chi connectivity index (χ4v) is 2.74. The second-order valence-corrected chi connectivity index (χ2v) is 5.83. The quantitative estimate of drug-likeness (QED) is 0.546. The van der Waals surface area contributed by atoms with Crippen LogP contribution in [-0.2, 0) is 11.2 Å². The van der Waals surface area contributed by atoms with Crippen LogP contribution < -0.4 is 5.32 Å². The molecule has 2 aromatic rings. The molecule has 4 heteroatoms. The predicted octanol–water partition coefficient (Wildman–Crippen LogP) is 3.77. The Bertz CT molecular complexity index is 595. The van der Waals surface area contributed by atoms with Gasteiger partial charge in [0.2, 0.25) is 5.91 Å². The van der Waals surface area contributed by atoms with Crippen molar-refractivity contribution in [2.45, 2.75) is 38.5 Å². The smallest absolute Gasteiger partial charge is 0.229 e. The number of rotatable bonds is 9. The number of carbonyl (C=O) groups is 1. The molecule has 3 nitrogen and oxygen atoms in total. The number of benzene rings is 1. The molecule has 1 aromatic heterocycles. The first kappa shape index (κ1) is 16.8. The van der Waals surface area contributed by atoms with Crippen LogP contribution in [0.25, 0.3) is 10.9 Å². The Morgan fingerprint density at radius 1 is 1.05 bits per heavy atom. The SMILES string of the molecule is O=C(CS)NCCCCCCCc1cccc2cccnc12. The maximum Gasteiger partial charge on any atom is 0.229 e. The summed E-state index contributed by atoms with van der Waals surface area (Å²) in [6, 6.07) is 10.5. The van der Waals surface area contributed by atoms with E-state index < -0.39 is 0 Å². The predicted molar refractivity (Wildman–Crippen MR) is 95.4 cm³/mol. The van der Waals surface area contributed by atoms with E-state index in [2.05, 4.69) is 47.2 Å². The normalized spacial score (nSPS) is 10.8. The fraction of sp³-hybridized carbons (Fsp3) is 0.444. The molecule has 1 N–H and O–H groups in total. The van der Waals surface area contributed by atoms with Gasteiger partial charge in [0.1, 0.15) is 0 Å². The molecule has 0 aliphatic rings. The molecular formula is C18H24N2OS. The van der Waals surface area contributed by atoms with Crippen molar-refractivity contribution in [3.63, 3.8) is 0 Å². The van der Waals surface area contributed by atoms with Crippen LogP contribution in [0.1, 0.15) is 37.7 Å². The summed E-state index contributed by atoms with van der Waals surface area (Å²) in [5, 5.41) is 4.07. The van der Waals surface area contributed by atoms with Crippen LogP contribution in [0.4, 0.5) is 0 Å². The first-order valence-electron chi connectivity index (χ1n) is 8.01. The zero-order valence-electron chi connectivity index (χ0n) is 12.9. The van der Waals surface area contributed by atoms with Crippen LogP contribution >= 0.6 is 12.6 Å². The monoisotopic (exact) mass is 316 g/mol. The van der Waals surface area contributed by atoms with Gasteiger partial charge in [0.25, 0.3) is 0 Å². The Balaban J connectivity index is 1.63. The molecule has 0 radical (unpaired) electrons. The minimum Gasteiger partial charge on any atom is -0.355 e. The van der Waals surface area contributed by atoms with E-state index in [1.165, 1.54) is 36.6 Å². The van der Waals surface area contributed by atoms with E-state index in [1.54, 1.807) is 0 Å². The van der Waals surface area contributed by atoms with Crippen molar-refractivity contribution in [3.8, 4) is 0 Å². The van der Waals surface area contributed by atoms with Crippen LogP contribution in [0.5, 0.6) is 0 Å². The lowest BCUT2D eigenvalue weighted by Gasteiger charge is -2.06. The number of para-hydroxylation sites is 1. The molecule has 2 rings (SSSR count). The molecule has 1 amide bonds. The molecule has 1 heterocycles. The van der Waals surface area contributed by atoms with Gasteiger partial charge in [-0.15, -0.1) is 0 Å². The summed E-state index contributed by atoms with van der Waals surface area (Å²) in [6.07, 6.45) is 8.81. The molecule has 22 heavy (non-hydrogen) atoms. The molecule has 0 unspecified atom stereocenters. The number of thiol groups is 1. The van der Waals surface area contributed by atoms with Gasteiger partial charge in [-0.05, 0) is 30.9 Å². The van der Waals surface area contributed by atoms with Crippen LogP contribution in [0.15, 0.2) is 36.5 Å². The van der Waals surface area contributed by atoms with E-state index in [9.17, 15) is 4.79 Å². The summed E-state index contributed by atoms with van der Waals surface area (Å²) in [7, 11) is 0. The van der Waals surface area contributed by atoms with Crippen molar-refractivity contribution in [1.82, 2.24) is 10.3 Å². The number of aryl methyl sites for hydroxylation is 1. The summed E-state index contributed by atoms with van der Waals surface area (Å²) in [5.41, 5.74) is 2.48. The van der Waals surface area contributed by atoms with E-state index in [-0.39, 0.29) is 11.7 Å². The molecule has 0 atom stereocenters. The number of unbranched alkanes of at least 4 members (excludes halogenated alkanes) is 4. The third-order valence-corrected chi connectivity index (χ3v) is 4.09. The highest BCUT2D eigenvalue weighted by Crippen LogP contribution is 2.18. The first-order valence-corrected chi connectivity index (χ1v) is 8.64. The average Bonchev–Trinajstić information content (AvgIpc) is 2.57. The van der Waals surface area contributed by atoms with Gasteiger partial charge >= 0.3 is 0 Å². The number of hydrogen-bond acceptors (Lipinski definition) is 3. The Morgan fingerprint density at radius 2 is 1.82 bits per heavy atom. The molecule has 0 saturated heterocycles. The molecule has 0 spiro atoms. The highest BCUT2D eigenvalue weighted by Gasteiger charge is 2.01. The zero-order valence-corrected chi connectivity index (χ0v) is 13.8. The summed E-state index contributed by atoms with van der Waals surface area (Å²) in [6.45, 7) is 0.770. The summed E-state index contributed by atoms with van der Waals surface area (Å²) in [4.78, 5) is 15.5. The standard InChI is InChI=1S/C18H24N2OS/c21-17(14-22)19-12-5-3-1-2-4-8-15-9-6-10-16-11-7-13-20-18(15)16/h6-7,9-11,13,22H,1-5,8,12,14H2,(H,19,21). The van der Waals surface area contributed by atoms with E-state index >= 15 is 0 Å². The highest BCUT2D eigenvalue weighted by molar-refractivity contribution is 7.81. The van der Waals surface area contributed by atoms with Crippen LogP contribution in [0.2, 0.25) is 0 Å². The van der Waals surface area contributed by atoms with E-state index in [0.29, 0.717) is 0 Å². The van der Waals surface area contributed by atoms with E-state index in [4.69, 9.17) is 0 Å². The van der Waals surface area contributed by atoms with Gasteiger partial charge in [0.15, 0.2) is 0 Å². The number of nitrogens with zero attached hydrogens (tertiary/aromatic N) is 1. The van der Waals surface area contributed by atoms with Gasteiger partial charge in [-0.1, -0.05) is 43.5 Å². The van der Waals surface area contributed by atoms with Crippen molar-refractivity contribution >= 4 is 29.4 Å². The minimum atomic E-state index is 0.0202. The number of hydrogen-bond donors (Lipinski definition) is 2. The lowest BCUT2D eigenvalue weighted by Crippen LogP contribution is -2.25. The number of aromatic nitrogens is 1. The van der Waals surface area contributed by atoms with Gasteiger partial charge in [-0.2, -0.15) is 12.6 Å². The third-order valence-electron chi connectivity index (χ3n) is 3.80.